The van der Waals surface area contributed by atoms with Gasteiger partial charge in [0, 0.05) is 51.5 Å². The third-order valence-electron chi connectivity index (χ3n) is 5.71. The van der Waals surface area contributed by atoms with E-state index in [1.807, 2.05) is 4.68 Å². The highest BCUT2D eigenvalue weighted by Crippen LogP contribution is 2.34. The molecular weight excluding hydrogens is 346 g/mol. The summed E-state index contributed by atoms with van der Waals surface area (Å²) in [5.74, 6) is 0.934. The molecule has 8 heteroatoms. The monoisotopic (exact) mass is 375 g/mol. The lowest BCUT2D eigenvalue weighted by atomic mass is 10.1. The predicted octanol–water partition coefficient (Wildman–Crippen LogP) is 0.983. The Kier molecular flexibility index (Phi) is 5.21. The van der Waals surface area contributed by atoms with E-state index in [-0.39, 0.29) is 24.4 Å². The van der Waals surface area contributed by atoms with Crippen molar-refractivity contribution in [3.63, 3.8) is 0 Å². The van der Waals surface area contributed by atoms with Crippen LogP contribution in [0.3, 0.4) is 0 Å². The van der Waals surface area contributed by atoms with Gasteiger partial charge in [-0.2, -0.15) is 5.10 Å². The first-order chi connectivity index (χ1) is 13.1. The van der Waals surface area contributed by atoms with Gasteiger partial charge < -0.3 is 24.6 Å². The van der Waals surface area contributed by atoms with Gasteiger partial charge in [0.2, 0.25) is 0 Å². The summed E-state index contributed by atoms with van der Waals surface area (Å²) in [7, 11) is 1.80. The first-order valence-corrected chi connectivity index (χ1v) is 9.91. The van der Waals surface area contributed by atoms with Crippen molar-refractivity contribution in [3.8, 4) is 0 Å². The molecule has 0 aromatic carbocycles. The van der Waals surface area contributed by atoms with Crippen LogP contribution in [0.1, 0.15) is 38.8 Å². The largest absolute Gasteiger partial charge is 0.396 e. The van der Waals surface area contributed by atoms with Gasteiger partial charge in [0.1, 0.15) is 11.0 Å². The van der Waals surface area contributed by atoms with E-state index in [2.05, 4.69) is 17.1 Å². The molecule has 2 fully saturated rings. The fourth-order valence-corrected chi connectivity index (χ4v) is 4.25. The highest BCUT2D eigenvalue weighted by Gasteiger charge is 2.33. The summed E-state index contributed by atoms with van der Waals surface area (Å²) < 4.78 is 9.70. The van der Waals surface area contributed by atoms with Crippen LogP contribution >= 0.6 is 0 Å². The second-order valence-corrected chi connectivity index (χ2v) is 7.68. The molecule has 2 N–H and O–H groups in total. The second-order valence-electron chi connectivity index (χ2n) is 7.68. The van der Waals surface area contributed by atoms with E-state index in [0.717, 1.165) is 55.8 Å². The molecule has 8 nitrogen and oxygen atoms in total. The Morgan fingerprint density at radius 1 is 1.37 bits per heavy atom. The van der Waals surface area contributed by atoms with Crippen molar-refractivity contribution in [2.24, 2.45) is 7.05 Å². The first-order valence-electron chi connectivity index (χ1n) is 9.91. The maximum atomic E-state index is 12.3. The minimum absolute atomic E-state index is 0.0465. The van der Waals surface area contributed by atoms with Gasteiger partial charge in [-0.3, -0.25) is 4.79 Å². The van der Waals surface area contributed by atoms with Gasteiger partial charge >= 0.3 is 0 Å². The lowest BCUT2D eigenvalue weighted by molar-refractivity contribution is -0.0383. The molecule has 0 amide bonds. The number of ether oxygens (including phenoxy) is 1. The van der Waals surface area contributed by atoms with Crippen molar-refractivity contribution in [3.05, 3.63) is 22.5 Å². The molecule has 27 heavy (non-hydrogen) atoms. The smallest absolute Gasteiger partial charge is 0.250 e. The number of aryl methyl sites for hydroxylation is 1. The number of hydrogen-bond acceptors (Lipinski definition) is 6. The number of aromatic nitrogens is 3. The van der Waals surface area contributed by atoms with E-state index in [1.54, 1.807) is 23.7 Å². The number of pyridine rings is 1. The van der Waals surface area contributed by atoms with Crippen LogP contribution in [0.25, 0.3) is 11.0 Å². The number of rotatable bonds is 4. The summed E-state index contributed by atoms with van der Waals surface area (Å²) in [4.78, 5) is 14.7. The minimum Gasteiger partial charge on any atom is -0.396 e. The Bertz CT molecular complexity index is 855. The average molecular weight is 375 g/mol. The lowest BCUT2D eigenvalue weighted by Crippen LogP contribution is -2.56. The Labute approximate surface area is 158 Å². The van der Waals surface area contributed by atoms with Gasteiger partial charge in [0.15, 0.2) is 12.0 Å². The van der Waals surface area contributed by atoms with Crippen molar-refractivity contribution in [1.82, 2.24) is 19.7 Å². The first kappa shape index (κ1) is 18.5. The van der Waals surface area contributed by atoms with Crippen LogP contribution in [0.4, 0.5) is 5.82 Å². The van der Waals surface area contributed by atoms with E-state index in [9.17, 15) is 9.90 Å². The normalized spacial score (nSPS) is 26.6. The fourth-order valence-electron chi connectivity index (χ4n) is 4.25. The van der Waals surface area contributed by atoms with Crippen molar-refractivity contribution in [2.75, 3.05) is 31.2 Å². The van der Waals surface area contributed by atoms with Gasteiger partial charge in [0.05, 0.1) is 0 Å². The van der Waals surface area contributed by atoms with Crippen LogP contribution < -0.4 is 15.8 Å². The molecule has 0 saturated carbocycles. The lowest BCUT2D eigenvalue weighted by Gasteiger charge is -2.41. The molecule has 4 heterocycles. The maximum Gasteiger partial charge on any atom is 0.250 e. The molecule has 2 aliphatic heterocycles. The van der Waals surface area contributed by atoms with Crippen LogP contribution in [0.2, 0.25) is 0 Å². The number of nitrogens with one attached hydrogen (secondary N) is 1. The van der Waals surface area contributed by atoms with Crippen molar-refractivity contribution < 1.29 is 9.84 Å². The number of hydrogen-bond donors (Lipinski definition) is 2. The fraction of sp³-hybridized carbons (Fsp3) is 0.684. The average Bonchev–Trinajstić information content (AvgIpc) is 3.07. The molecule has 0 radical (unpaired) electrons. The van der Waals surface area contributed by atoms with Crippen LogP contribution in [0.15, 0.2) is 16.9 Å². The summed E-state index contributed by atoms with van der Waals surface area (Å²) in [6, 6.07) is 3.82. The molecule has 148 valence electrons. The van der Waals surface area contributed by atoms with Crippen molar-refractivity contribution >= 4 is 16.9 Å². The Morgan fingerprint density at radius 3 is 2.96 bits per heavy atom. The summed E-state index contributed by atoms with van der Waals surface area (Å²) in [5.41, 5.74) is 1.60. The predicted molar refractivity (Wildman–Crippen MR) is 104 cm³/mol. The summed E-state index contributed by atoms with van der Waals surface area (Å²) in [5, 5.41) is 17.9. The molecule has 0 spiro atoms. The molecule has 2 aromatic heterocycles. The van der Waals surface area contributed by atoms with Gasteiger partial charge in [-0.1, -0.05) is 0 Å². The summed E-state index contributed by atoms with van der Waals surface area (Å²) >= 11 is 0. The summed E-state index contributed by atoms with van der Waals surface area (Å²) in [6.07, 6.45) is 3.65. The van der Waals surface area contributed by atoms with Crippen LogP contribution in [0, 0.1) is 0 Å². The maximum absolute atomic E-state index is 12.3. The zero-order chi connectivity index (χ0) is 19.0. The van der Waals surface area contributed by atoms with Crippen LogP contribution in [-0.4, -0.2) is 57.8 Å². The molecule has 2 aromatic rings. The van der Waals surface area contributed by atoms with Crippen molar-refractivity contribution in [1.29, 1.82) is 0 Å². The number of nitrogens with zero attached hydrogens (tertiary/aromatic N) is 4. The molecule has 4 rings (SSSR count). The second kappa shape index (κ2) is 7.61. The highest BCUT2D eigenvalue weighted by molar-refractivity contribution is 5.87. The van der Waals surface area contributed by atoms with E-state index in [4.69, 9.17) is 9.84 Å². The minimum atomic E-state index is -0.115. The SMILES string of the molecule is C[C@@H]1CN(c2c3c(ccc(=O)n3C)nn2C2CCCCO2)[C@@H](CCO)CN1. The molecular formula is C19H29N5O3. The van der Waals surface area contributed by atoms with Crippen LogP contribution in [0.5, 0.6) is 0 Å². The van der Waals surface area contributed by atoms with E-state index < -0.39 is 0 Å². The zero-order valence-corrected chi connectivity index (χ0v) is 16.1. The van der Waals surface area contributed by atoms with E-state index >= 15 is 0 Å². The molecule has 2 saturated heterocycles. The van der Waals surface area contributed by atoms with Gasteiger partial charge in [-0.15, -0.1) is 0 Å². The Balaban J connectivity index is 1.89. The van der Waals surface area contributed by atoms with E-state index in [1.165, 1.54) is 0 Å². The number of aliphatic hydroxyl groups is 1. The van der Waals surface area contributed by atoms with Gasteiger partial charge in [-0.25, -0.2) is 4.68 Å². The van der Waals surface area contributed by atoms with Gasteiger partial charge in [-0.05, 0) is 38.7 Å². The quantitative estimate of drug-likeness (QED) is 0.829. The Hall–Kier alpha value is -1.90. The number of anilines is 1. The molecule has 0 bridgehead atoms. The third kappa shape index (κ3) is 3.37. The van der Waals surface area contributed by atoms with Crippen molar-refractivity contribution in [2.45, 2.75) is 50.9 Å². The number of fused-ring (bicyclic) bond motifs is 1. The highest BCUT2D eigenvalue weighted by atomic mass is 16.5. The molecule has 3 atom stereocenters. The number of piperazine rings is 1. The Morgan fingerprint density at radius 2 is 2.22 bits per heavy atom. The summed E-state index contributed by atoms with van der Waals surface area (Å²) in [6.45, 7) is 4.60. The topological polar surface area (TPSA) is 84.6 Å². The number of aliphatic hydroxyl groups excluding tert-OH is 1. The standard InChI is InChI=1S/C19H29N5O3/c1-13-12-23(14(8-9-25)11-20-13)19-18-15(6-7-16(26)22(18)2)21-24(19)17-5-3-4-10-27-17/h6-7,13-14,17,20,25H,3-5,8-12H2,1-2H3/t13-,14+,17?/m1/s1. The molecule has 1 unspecified atom stereocenters. The van der Waals surface area contributed by atoms with Crippen LogP contribution in [-0.2, 0) is 11.8 Å². The zero-order valence-electron chi connectivity index (χ0n) is 16.1. The molecule has 2 aliphatic rings. The molecule has 0 aliphatic carbocycles. The third-order valence-corrected chi connectivity index (χ3v) is 5.71. The van der Waals surface area contributed by atoms with E-state index in [0.29, 0.717) is 12.5 Å². The van der Waals surface area contributed by atoms with Gasteiger partial charge in [0.25, 0.3) is 5.56 Å².